The van der Waals surface area contributed by atoms with Crippen LogP contribution in [0.5, 0.6) is 5.75 Å². The summed E-state index contributed by atoms with van der Waals surface area (Å²) in [5.41, 5.74) is 2.23. The fraction of sp³-hybridized carbons (Fsp3) is 0.455. The molecule has 0 unspecified atom stereocenters. The van der Waals surface area contributed by atoms with E-state index in [1.807, 2.05) is 19.1 Å². The molecule has 0 amide bonds. The molecule has 0 saturated carbocycles. The van der Waals surface area contributed by atoms with Crippen molar-refractivity contribution in [3.05, 3.63) is 29.3 Å². The third-order valence-corrected chi connectivity index (χ3v) is 1.96. The molecule has 1 nitrogen and oxygen atoms in total. The van der Waals surface area contributed by atoms with Crippen LogP contribution in [-0.4, -0.2) is 86.0 Å². The van der Waals surface area contributed by atoms with E-state index in [1.54, 1.807) is 6.07 Å². The molecular weight excluding hydrogens is 210 g/mol. The zero-order chi connectivity index (χ0) is 9.35. The predicted molar refractivity (Wildman–Crippen MR) is 65.8 cm³/mol. The number of aryl methyl sites for hydroxylation is 1. The molecule has 0 aliphatic carbocycles. The van der Waals surface area contributed by atoms with Gasteiger partial charge in [0.2, 0.25) is 0 Å². The summed E-state index contributed by atoms with van der Waals surface area (Å²) in [5, 5.41) is 9.57. The van der Waals surface area contributed by atoms with E-state index in [4.69, 9.17) is 0 Å². The van der Waals surface area contributed by atoms with Crippen molar-refractivity contribution in [2.45, 2.75) is 33.1 Å². The van der Waals surface area contributed by atoms with Gasteiger partial charge in [0.1, 0.15) is 5.75 Å². The van der Waals surface area contributed by atoms with Crippen LogP contribution in [0.15, 0.2) is 18.2 Å². The van der Waals surface area contributed by atoms with E-state index in [1.165, 1.54) is 5.56 Å². The molecule has 0 heterocycles. The molecule has 14 heavy (non-hydrogen) atoms. The number of rotatable bonds is 0. The molecule has 0 atom stereocenters. The fourth-order valence-electron chi connectivity index (χ4n) is 1.25. The zero-order valence-corrected chi connectivity index (χ0v) is 8.18. The van der Waals surface area contributed by atoms with Crippen LogP contribution in [0.25, 0.3) is 0 Å². The Morgan fingerprint density at radius 1 is 1.14 bits per heavy atom. The second-order valence-electron chi connectivity index (χ2n) is 4.27. The molecule has 0 aliphatic heterocycles. The monoisotopic (exact) mass is 228 g/mol. The topological polar surface area (TPSA) is 20.2 Å². The molecule has 1 rings (SSSR count). The Hall–Kier alpha value is 1.66. The summed E-state index contributed by atoms with van der Waals surface area (Å²) in [6, 6.07) is 5.72. The second kappa shape index (κ2) is 7.07. The molecule has 3 heteroatoms. The molecule has 0 spiro atoms. The van der Waals surface area contributed by atoms with Crippen LogP contribution in [0.1, 0.15) is 31.9 Å². The van der Waals surface area contributed by atoms with Gasteiger partial charge in [-0.05, 0) is 24.0 Å². The molecule has 0 aliphatic rings. The Bertz CT molecular complexity index is 292. The summed E-state index contributed by atoms with van der Waals surface area (Å²) in [7, 11) is 0. The number of phenols is 1. The predicted octanol–water partition coefficient (Wildman–Crippen LogP) is 1.70. The van der Waals surface area contributed by atoms with Crippen molar-refractivity contribution in [2.75, 3.05) is 0 Å². The number of aromatic hydroxyl groups is 1. The Morgan fingerprint density at radius 2 is 1.64 bits per heavy atom. The van der Waals surface area contributed by atoms with Crippen LogP contribution >= 0.6 is 0 Å². The summed E-state index contributed by atoms with van der Waals surface area (Å²) in [6.45, 7) is 8.33. The number of benzene rings is 1. The second-order valence-corrected chi connectivity index (χ2v) is 4.27. The maximum atomic E-state index is 9.57. The Labute approximate surface area is 151 Å². The number of hydrogen-bond acceptors (Lipinski definition) is 1. The van der Waals surface area contributed by atoms with E-state index in [9.17, 15) is 5.11 Å². The average molecular weight is 228 g/mol. The first-order chi connectivity index (χ1) is 5.41. The Morgan fingerprint density at radius 3 is 2.00 bits per heavy atom. The number of phenolic OH excluding ortho intramolecular Hbond substituents is 1. The van der Waals surface area contributed by atoms with Crippen molar-refractivity contribution in [2.24, 2.45) is 0 Å². The minimum atomic E-state index is 0. The van der Waals surface area contributed by atoms with E-state index >= 15 is 0 Å². The van der Waals surface area contributed by atoms with Gasteiger partial charge in [-0.25, -0.2) is 0 Å². The summed E-state index contributed by atoms with van der Waals surface area (Å²) >= 11 is 0. The summed E-state index contributed by atoms with van der Waals surface area (Å²) < 4.78 is 0. The van der Waals surface area contributed by atoms with Gasteiger partial charge in [-0.15, -0.1) is 0 Å². The van der Waals surface area contributed by atoms with Crippen LogP contribution < -0.4 is 0 Å². The fourth-order valence-corrected chi connectivity index (χ4v) is 1.25. The molecular formula is C11H18KNaO. The van der Waals surface area contributed by atoms with E-state index in [0.29, 0.717) is 5.75 Å². The molecule has 0 bridgehead atoms. The SMILES string of the molecule is Cc1ccc(O)c(C(C)(C)C)c1.[KH].[NaH]. The standard InChI is InChI=1S/C11H16O.K.Na.2H/c1-8-5-6-10(12)9(7-8)11(2,3)4;;;;/h5-7,12H,1-4H3;;;;. The van der Waals surface area contributed by atoms with E-state index in [2.05, 4.69) is 20.8 Å². The summed E-state index contributed by atoms with van der Waals surface area (Å²) in [5.74, 6) is 0.396. The molecule has 0 radical (unpaired) electrons. The van der Waals surface area contributed by atoms with Crippen LogP contribution in [0, 0.1) is 6.92 Å². The van der Waals surface area contributed by atoms with Gasteiger partial charge in [0.15, 0.2) is 0 Å². The van der Waals surface area contributed by atoms with Gasteiger partial charge in [0.25, 0.3) is 0 Å². The van der Waals surface area contributed by atoms with Crippen LogP contribution in [0.3, 0.4) is 0 Å². The summed E-state index contributed by atoms with van der Waals surface area (Å²) in [4.78, 5) is 0. The van der Waals surface area contributed by atoms with Crippen LogP contribution in [-0.2, 0) is 5.41 Å². The molecule has 1 N–H and O–H groups in total. The normalized spacial score (nSPS) is 10.0. The molecule has 1 aromatic rings. The van der Waals surface area contributed by atoms with E-state index < -0.39 is 0 Å². The van der Waals surface area contributed by atoms with Gasteiger partial charge in [-0.2, -0.15) is 0 Å². The van der Waals surface area contributed by atoms with Gasteiger partial charge in [0, 0.05) is 0 Å². The first-order valence-corrected chi connectivity index (χ1v) is 4.21. The minimum absolute atomic E-state index is 0. The van der Waals surface area contributed by atoms with Crippen molar-refractivity contribution >= 4 is 80.9 Å². The van der Waals surface area contributed by atoms with Gasteiger partial charge in [-0.1, -0.05) is 38.5 Å². The van der Waals surface area contributed by atoms with Gasteiger partial charge in [-0.3, -0.25) is 0 Å². The average Bonchev–Trinajstić information content (AvgIpc) is 1.92. The molecule has 0 fully saturated rings. The van der Waals surface area contributed by atoms with Crippen molar-refractivity contribution in [1.29, 1.82) is 0 Å². The van der Waals surface area contributed by atoms with Crippen molar-refractivity contribution in [3.8, 4) is 5.75 Å². The first kappa shape index (κ1) is 18.0. The maximum absolute atomic E-state index is 9.57. The zero-order valence-electron chi connectivity index (χ0n) is 8.18. The van der Waals surface area contributed by atoms with E-state index in [0.717, 1.165) is 5.56 Å². The van der Waals surface area contributed by atoms with Crippen LogP contribution in [0.2, 0.25) is 0 Å². The van der Waals surface area contributed by atoms with Gasteiger partial charge >= 0.3 is 80.9 Å². The van der Waals surface area contributed by atoms with Gasteiger partial charge < -0.3 is 5.11 Å². The molecule has 1 aromatic carbocycles. The quantitative estimate of drug-likeness (QED) is 0.670. The van der Waals surface area contributed by atoms with Gasteiger partial charge in [0.05, 0.1) is 0 Å². The molecule has 0 saturated heterocycles. The van der Waals surface area contributed by atoms with Crippen molar-refractivity contribution in [1.82, 2.24) is 0 Å². The van der Waals surface area contributed by atoms with Crippen molar-refractivity contribution in [3.63, 3.8) is 0 Å². The Kier molecular flexibility index (Phi) is 9.11. The first-order valence-electron chi connectivity index (χ1n) is 4.21. The third kappa shape index (κ3) is 5.13. The van der Waals surface area contributed by atoms with Crippen LogP contribution in [0.4, 0.5) is 0 Å². The third-order valence-electron chi connectivity index (χ3n) is 1.96. The number of hydrogen-bond donors (Lipinski definition) is 1. The Balaban J connectivity index is 0. The molecule has 70 valence electrons. The van der Waals surface area contributed by atoms with Crippen molar-refractivity contribution < 1.29 is 5.11 Å². The summed E-state index contributed by atoms with van der Waals surface area (Å²) in [6.07, 6.45) is 0. The molecule has 0 aromatic heterocycles. The van der Waals surface area contributed by atoms with E-state index in [-0.39, 0.29) is 86.4 Å².